The fourth-order valence-electron chi connectivity index (χ4n) is 1.56. The lowest BCUT2D eigenvalue weighted by molar-refractivity contribution is 0.0829. The Morgan fingerprint density at radius 2 is 2.13 bits per heavy atom. The lowest BCUT2D eigenvalue weighted by atomic mass is 10.1. The van der Waals surface area contributed by atoms with Gasteiger partial charge in [0, 0.05) is 36.9 Å². The van der Waals surface area contributed by atoms with Crippen LogP contribution in [0, 0.1) is 0 Å². The van der Waals surface area contributed by atoms with Crippen LogP contribution in [0.4, 0.5) is 5.69 Å². The maximum atomic E-state index is 11.8. The van der Waals surface area contributed by atoms with Crippen molar-refractivity contribution in [1.29, 1.82) is 0 Å². The van der Waals surface area contributed by atoms with Crippen molar-refractivity contribution < 1.29 is 4.79 Å². The normalized spacial score (nSPS) is 10.5. The van der Waals surface area contributed by atoms with Crippen LogP contribution in [0.2, 0.25) is 0 Å². The van der Waals surface area contributed by atoms with Gasteiger partial charge < -0.3 is 15.6 Å². The Morgan fingerprint density at radius 1 is 1.40 bits per heavy atom. The lowest BCUT2D eigenvalue weighted by Crippen LogP contribution is -2.21. The van der Waals surface area contributed by atoms with E-state index in [0.29, 0.717) is 11.3 Å². The van der Waals surface area contributed by atoms with E-state index in [1.54, 1.807) is 25.2 Å². The van der Waals surface area contributed by atoms with Gasteiger partial charge in [0.1, 0.15) is 0 Å². The third-order valence-electron chi connectivity index (χ3n) is 2.34. The van der Waals surface area contributed by atoms with E-state index in [-0.39, 0.29) is 5.91 Å². The van der Waals surface area contributed by atoms with E-state index in [0.717, 1.165) is 10.9 Å². The number of H-pyrrole nitrogens is 1. The van der Waals surface area contributed by atoms with Crippen LogP contribution in [-0.2, 0) is 0 Å². The third-order valence-corrected chi connectivity index (χ3v) is 2.34. The second-order valence-corrected chi connectivity index (χ2v) is 3.71. The Balaban J connectivity index is 2.62. The van der Waals surface area contributed by atoms with Crippen LogP contribution in [0.3, 0.4) is 0 Å². The van der Waals surface area contributed by atoms with Crippen LogP contribution >= 0.6 is 0 Å². The third kappa shape index (κ3) is 1.54. The molecule has 0 aliphatic carbocycles. The summed E-state index contributed by atoms with van der Waals surface area (Å²) in [5, 5.41) is 0.869. The number of nitrogen functional groups attached to an aromatic ring is 1. The number of fused-ring (bicyclic) bond motifs is 1. The van der Waals surface area contributed by atoms with Crippen molar-refractivity contribution in [2.45, 2.75) is 0 Å². The van der Waals surface area contributed by atoms with E-state index in [1.165, 1.54) is 0 Å². The van der Waals surface area contributed by atoms with Gasteiger partial charge >= 0.3 is 0 Å². The number of nitrogens with zero attached hydrogens (tertiary/aromatic N) is 1. The highest BCUT2D eigenvalue weighted by molar-refractivity contribution is 6.07. The van der Waals surface area contributed by atoms with Gasteiger partial charge in [0.15, 0.2) is 0 Å². The first kappa shape index (κ1) is 9.58. The van der Waals surface area contributed by atoms with Gasteiger partial charge in [-0.05, 0) is 18.2 Å². The number of nitrogens with two attached hydrogens (primary N) is 1. The predicted octanol–water partition coefficient (Wildman–Crippen LogP) is 1.45. The minimum absolute atomic E-state index is 0.0214. The summed E-state index contributed by atoms with van der Waals surface area (Å²) in [6.07, 6.45) is 1.71. The van der Waals surface area contributed by atoms with Gasteiger partial charge in [-0.2, -0.15) is 0 Å². The number of rotatable bonds is 1. The second-order valence-electron chi connectivity index (χ2n) is 3.71. The largest absolute Gasteiger partial charge is 0.399 e. The summed E-state index contributed by atoms with van der Waals surface area (Å²) in [6, 6.07) is 5.49. The first-order valence-electron chi connectivity index (χ1n) is 4.68. The number of hydrogen-bond acceptors (Lipinski definition) is 2. The van der Waals surface area contributed by atoms with E-state index < -0.39 is 0 Å². The molecule has 0 aliphatic rings. The van der Waals surface area contributed by atoms with Crippen LogP contribution in [0.25, 0.3) is 10.9 Å². The molecule has 1 amide bonds. The SMILES string of the molecule is CN(C)C(=O)c1c[nH]c2ccc(N)cc12. The van der Waals surface area contributed by atoms with Gasteiger partial charge in [-0.25, -0.2) is 0 Å². The molecule has 2 rings (SSSR count). The number of hydrogen-bond donors (Lipinski definition) is 2. The minimum Gasteiger partial charge on any atom is -0.399 e. The molecule has 0 saturated heterocycles. The molecule has 0 aliphatic heterocycles. The highest BCUT2D eigenvalue weighted by Gasteiger charge is 2.13. The number of amides is 1. The van der Waals surface area contributed by atoms with E-state index in [9.17, 15) is 4.79 Å². The van der Waals surface area contributed by atoms with Crippen LogP contribution in [0.5, 0.6) is 0 Å². The molecule has 0 unspecified atom stereocenters. The number of carbonyl (C=O) groups excluding carboxylic acids is 1. The van der Waals surface area contributed by atoms with Crippen LogP contribution < -0.4 is 5.73 Å². The molecular formula is C11H13N3O. The van der Waals surface area contributed by atoms with Gasteiger partial charge in [-0.3, -0.25) is 4.79 Å². The fraction of sp³-hybridized carbons (Fsp3) is 0.182. The van der Waals surface area contributed by atoms with E-state index in [4.69, 9.17) is 5.73 Å². The highest BCUT2D eigenvalue weighted by atomic mass is 16.2. The first-order chi connectivity index (χ1) is 7.09. The molecule has 0 fully saturated rings. The van der Waals surface area contributed by atoms with Crippen LogP contribution in [0.1, 0.15) is 10.4 Å². The summed E-state index contributed by atoms with van der Waals surface area (Å²) < 4.78 is 0. The standard InChI is InChI=1S/C11H13N3O/c1-14(2)11(15)9-6-13-10-4-3-7(12)5-8(9)10/h3-6,13H,12H2,1-2H3. The summed E-state index contributed by atoms with van der Waals surface area (Å²) in [4.78, 5) is 16.4. The Morgan fingerprint density at radius 3 is 2.80 bits per heavy atom. The van der Waals surface area contributed by atoms with E-state index >= 15 is 0 Å². The topological polar surface area (TPSA) is 62.1 Å². The van der Waals surface area contributed by atoms with Crippen molar-refractivity contribution in [2.24, 2.45) is 0 Å². The molecule has 1 aromatic heterocycles. The minimum atomic E-state index is -0.0214. The van der Waals surface area contributed by atoms with Gasteiger partial charge in [0.05, 0.1) is 5.56 Å². The van der Waals surface area contributed by atoms with Crippen molar-refractivity contribution in [3.05, 3.63) is 30.0 Å². The zero-order valence-corrected chi connectivity index (χ0v) is 8.74. The summed E-state index contributed by atoms with van der Waals surface area (Å²) in [6.45, 7) is 0. The Labute approximate surface area is 87.7 Å². The molecule has 0 spiro atoms. The molecule has 0 atom stereocenters. The summed E-state index contributed by atoms with van der Waals surface area (Å²) in [5.41, 5.74) is 7.93. The zero-order chi connectivity index (χ0) is 11.0. The predicted molar refractivity (Wildman–Crippen MR) is 60.7 cm³/mol. The first-order valence-corrected chi connectivity index (χ1v) is 4.68. The average Bonchev–Trinajstić information content (AvgIpc) is 2.59. The van der Waals surface area contributed by atoms with Crippen molar-refractivity contribution in [2.75, 3.05) is 19.8 Å². The van der Waals surface area contributed by atoms with E-state index in [1.807, 2.05) is 18.2 Å². The van der Waals surface area contributed by atoms with Crippen molar-refractivity contribution in [3.63, 3.8) is 0 Å². The summed E-state index contributed by atoms with van der Waals surface area (Å²) in [7, 11) is 3.46. The molecule has 4 heteroatoms. The molecule has 4 nitrogen and oxygen atoms in total. The molecule has 0 bridgehead atoms. The molecule has 1 aromatic carbocycles. The molecule has 15 heavy (non-hydrogen) atoms. The quantitative estimate of drug-likeness (QED) is 0.689. The zero-order valence-electron chi connectivity index (χ0n) is 8.74. The molecule has 2 aromatic rings. The van der Waals surface area contributed by atoms with E-state index in [2.05, 4.69) is 4.98 Å². The Hall–Kier alpha value is -1.97. The van der Waals surface area contributed by atoms with Gasteiger partial charge in [-0.15, -0.1) is 0 Å². The van der Waals surface area contributed by atoms with Crippen LogP contribution in [0.15, 0.2) is 24.4 Å². The monoisotopic (exact) mass is 203 g/mol. The van der Waals surface area contributed by atoms with Gasteiger partial charge in [-0.1, -0.05) is 0 Å². The Bertz CT molecular complexity index is 514. The number of carbonyl (C=O) groups is 1. The number of aromatic nitrogens is 1. The highest BCUT2D eigenvalue weighted by Crippen LogP contribution is 2.21. The molecular weight excluding hydrogens is 190 g/mol. The van der Waals surface area contributed by atoms with Crippen molar-refractivity contribution in [1.82, 2.24) is 9.88 Å². The smallest absolute Gasteiger partial charge is 0.255 e. The molecule has 0 radical (unpaired) electrons. The number of benzene rings is 1. The molecule has 3 N–H and O–H groups in total. The maximum Gasteiger partial charge on any atom is 0.255 e. The van der Waals surface area contributed by atoms with Crippen molar-refractivity contribution >= 4 is 22.5 Å². The molecule has 78 valence electrons. The second kappa shape index (κ2) is 3.31. The van der Waals surface area contributed by atoms with Crippen molar-refractivity contribution in [3.8, 4) is 0 Å². The Kier molecular flexibility index (Phi) is 2.11. The van der Waals surface area contributed by atoms with Gasteiger partial charge in [0.2, 0.25) is 0 Å². The lowest BCUT2D eigenvalue weighted by Gasteiger charge is -2.08. The number of anilines is 1. The van der Waals surface area contributed by atoms with Gasteiger partial charge in [0.25, 0.3) is 5.91 Å². The summed E-state index contributed by atoms with van der Waals surface area (Å²) >= 11 is 0. The fourth-order valence-corrected chi connectivity index (χ4v) is 1.56. The van der Waals surface area contributed by atoms with Crippen LogP contribution in [-0.4, -0.2) is 29.9 Å². The summed E-state index contributed by atoms with van der Waals surface area (Å²) in [5.74, 6) is -0.0214. The molecule has 0 saturated carbocycles. The number of aromatic amines is 1. The maximum absolute atomic E-state index is 11.8. The average molecular weight is 203 g/mol. The number of nitrogens with one attached hydrogen (secondary N) is 1. The molecule has 1 heterocycles.